The summed E-state index contributed by atoms with van der Waals surface area (Å²) in [4.78, 5) is 29.4. The maximum absolute atomic E-state index is 13.1. The van der Waals surface area contributed by atoms with Gasteiger partial charge in [0.1, 0.15) is 5.00 Å². The average Bonchev–Trinajstić information content (AvgIpc) is 3.00. The lowest BCUT2D eigenvalue weighted by molar-refractivity contribution is 0.0962. The number of nitrogens with zero attached hydrogens (tertiary/aromatic N) is 2. The van der Waals surface area contributed by atoms with Crippen LogP contribution in [0.5, 0.6) is 0 Å². The van der Waals surface area contributed by atoms with Gasteiger partial charge in [0.05, 0.1) is 10.5 Å². The van der Waals surface area contributed by atoms with Gasteiger partial charge in [0.15, 0.2) is 0 Å². The van der Waals surface area contributed by atoms with E-state index in [1.54, 1.807) is 11.4 Å². The van der Waals surface area contributed by atoms with E-state index in [0.717, 1.165) is 55.6 Å². The van der Waals surface area contributed by atoms with Gasteiger partial charge in [-0.05, 0) is 62.9 Å². The summed E-state index contributed by atoms with van der Waals surface area (Å²) in [6.07, 6.45) is 4.58. The Morgan fingerprint density at radius 3 is 2.23 bits per heavy atom. The van der Waals surface area contributed by atoms with E-state index in [4.69, 9.17) is 0 Å². The number of rotatable bonds is 6. The SMILES string of the molecule is CNC(=O)c1c(NC(=O)c2ccc(S(=O)(=O)N3CCCCCC3)cc2)sc2c1CCN(C(C)C)C2. The van der Waals surface area contributed by atoms with Gasteiger partial charge in [0, 0.05) is 49.7 Å². The van der Waals surface area contributed by atoms with Crippen molar-refractivity contribution in [2.75, 3.05) is 32.0 Å². The van der Waals surface area contributed by atoms with Crippen molar-refractivity contribution in [3.63, 3.8) is 0 Å². The predicted molar refractivity (Wildman–Crippen MR) is 139 cm³/mol. The molecule has 3 heterocycles. The Kier molecular flexibility index (Phi) is 7.95. The number of hydrogen-bond acceptors (Lipinski definition) is 6. The Bertz CT molecular complexity index is 1180. The third-order valence-corrected chi connectivity index (χ3v) is 9.86. The third kappa shape index (κ3) is 5.45. The number of benzene rings is 1. The number of fused-ring (bicyclic) bond motifs is 1. The molecule has 0 unspecified atom stereocenters. The molecule has 1 aromatic heterocycles. The molecule has 0 atom stereocenters. The molecule has 1 aromatic carbocycles. The zero-order chi connectivity index (χ0) is 25.2. The van der Waals surface area contributed by atoms with Gasteiger partial charge in [0.25, 0.3) is 11.8 Å². The lowest BCUT2D eigenvalue weighted by Gasteiger charge is -2.30. The molecule has 0 spiro atoms. The van der Waals surface area contributed by atoms with E-state index < -0.39 is 10.0 Å². The topological polar surface area (TPSA) is 98.8 Å². The van der Waals surface area contributed by atoms with Crippen molar-refractivity contribution in [1.82, 2.24) is 14.5 Å². The van der Waals surface area contributed by atoms with Crippen LogP contribution in [-0.2, 0) is 23.0 Å². The Morgan fingerprint density at radius 2 is 1.63 bits per heavy atom. The fraction of sp³-hybridized carbons (Fsp3) is 0.520. The second-order valence-electron chi connectivity index (χ2n) is 9.40. The van der Waals surface area contributed by atoms with E-state index in [1.807, 2.05) is 0 Å². The Balaban J connectivity index is 1.54. The fourth-order valence-corrected chi connectivity index (χ4v) is 7.48. The highest BCUT2D eigenvalue weighted by Crippen LogP contribution is 2.38. The number of amides is 2. The van der Waals surface area contributed by atoms with E-state index in [1.165, 1.54) is 35.6 Å². The monoisotopic (exact) mass is 518 g/mol. The standard InChI is InChI=1S/C25H34N4O4S2/c1-17(2)28-15-12-20-21(16-28)34-25(22(20)24(31)26-3)27-23(30)18-8-10-19(11-9-18)35(32,33)29-13-6-4-5-7-14-29/h8-11,17H,4-7,12-16H2,1-3H3,(H,26,31)(H,27,30). The summed E-state index contributed by atoms with van der Waals surface area (Å²) in [5, 5.41) is 6.14. The van der Waals surface area contributed by atoms with Crippen LogP contribution in [0.15, 0.2) is 29.2 Å². The molecule has 0 aliphatic carbocycles. The summed E-state index contributed by atoms with van der Waals surface area (Å²) < 4.78 is 27.6. The minimum atomic E-state index is -3.58. The second kappa shape index (κ2) is 10.8. The molecule has 0 radical (unpaired) electrons. The van der Waals surface area contributed by atoms with Gasteiger partial charge in [0.2, 0.25) is 10.0 Å². The number of hydrogen-bond donors (Lipinski definition) is 2. The van der Waals surface area contributed by atoms with Crippen molar-refractivity contribution in [3.05, 3.63) is 45.8 Å². The van der Waals surface area contributed by atoms with Crippen molar-refractivity contribution in [3.8, 4) is 0 Å². The van der Waals surface area contributed by atoms with Crippen LogP contribution < -0.4 is 10.6 Å². The summed E-state index contributed by atoms with van der Waals surface area (Å²) in [5.74, 6) is -0.581. The molecule has 2 aliphatic heterocycles. The maximum Gasteiger partial charge on any atom is 0.256 e. The number of carbonyl (C=O) groups excluding carboxylic acids is 2. The van der Waals surface area contributed by atoms with Crippen LogP contribution >= 0.6 is 11.3 Å². The summed E-state index contributed by atoms with van der Waals surface area (Å²) in [7, 11) is -1.99. The number of anilines is 1. The predicted octanol–water partition coefficient (Wildman–Crippen LogP) is 3.69. The summed E-state index contributed by atoms with van der Waals surface area (Å²) in [5.41, 5.74) is 1.88. The highest BCUT2D eigenvalue weighted by Gasteiger charge is 2.30. The molecule has 2 amide bonds. The first-order valence-electron chi connectivity index (χ1n) is 12.2. The van der Waals surface area contributed by atoms with Gasteiger partial charge >= 0.3 is 0 Å². The zero-order valence-electron chi connectivity index (χ0n) is 20.6. The molecule has 1 fully saturated rings. The van der Waals surface area contributed by atoms with Crippen LogP contribution in [0.2, 0.25) is 0 Å². The number of thiophene rings is 1. The highest BCUT2D eigenvalue weighted by atomic mass is 32.2. The van der Waals surface area contributed by atoms with Gasteiger partial charge in [-0.2, -0.15) is 4.31 Å². The Morgan fingerprint density at radius 1 is 0.971 bits per heavy atom. The lowest BCUT2D eigenvalue weighted by Crippen LogP contribution is -2.35. The smallest absolute Gasteiger partial charge is 0.256 e. The molecule has 35 heavy (non-hydrogen) atoms. The van der Waals surface area contributed by atoms with E-state index in [2.05, 4.69) is 29.4 Å². The van der Waals surface area contributed by atoms with Crippen LogP contribution in [0.4, 0.5) is 5.00 Å². The molecule has 4 rings (SSSR count). The molecule has 2 N–H and O–H groups in total. The fourth-order valence-electron chi connectivity index (χ4n) is 4.70. The van der Waals surface area contributed by atoms with Gasteiger partial charge < -0.3 is 10.6 Å². The summed E-state index contributed by atoms with van der Waals surface area (Å²) in [6.45, 7) is 6.98. The average molecular weight is 519 g/mol. The molecule has 0 saturated carbocycles. The first-order chi connectivity index (χ1) is 16.7. The molecular weight excluding hydrogens is 484 g/mol. The highest BCUT2D eigenvalue weighted by molar-refractivity contribution is 7.89. The van der Waals surface area contributed by atoms with Gasteiger partial charge in [-0.25, -0.2) is 8.42 Å². The molecule has 0 bridgehead atoms. The minimum absolute atomic E-state index is 0.197. The largest absolute Gasteiger partial charge is 0.355 e. The number of carbonyl (C=O) groups is 2. The molecule has 8 nitrogen and oxygen atoms in total. The Labute approximate surface area is 211 Å². The minimum Gasteiger partial charge on any atom is -0.355 e. The Hall–Kier alpha value is -2.27. The maximum atomic E-state index is 13.1. The van der Waals surface area contributed by atoms with Gasteiger partial charge in [-0.15, -0.1) is 11.3 Å². The molecule has 2 aromatic rings. The van der Waals surface area contributed by atoms with Crippen LogP contribution in [0, 0.1) is 0 Å². The zero-order valence-corrected chi connectivity index (χ0v) is 22.2. The number of nitrogens with one attached hydrogen (secondary N) is 2. The van der Waals surface area contributed by atoms with E-state index in [-0.39, 0.29) is 16.7 Å². The number of sulfonamides is 1. The quantitative estimate of drug-likeness (QED) is 0.608. The van der Waals surface area contributed by atoms with Crippen molar-refractivity contribution in [2.45, 2.75) is 63.4 Å². The van der Waals surface area contributed by atoms with E-state index in [9.17, 15) is 18.0 Å². The van der Waals surface area contributed by atoms with Crippen molar-refractivity contribution in [2.24, 2.45) is 0 Å². The second-order valence-corrected chi connectivity index (χ2v) is 12.4. The third-order valence-electron chi connectivity index (χ3n) is 6.82. The van der Waals surface area contributed by atoms with Crippen molar-refractivity contribution in [1.29, 1.82) is 0 Å². The summed E-state index contributed by atoms with van der Waals surface area (Å²) >= 11 is 1.44. The van der Waals surface area contributed by atoms with E-state index >= 15 is 0 Å². The van der Waals surface area contributed by atoms with Crippen LogP contribution in [0.1, 0.15) is 70.7 Å². The van der Waals surface area contributed by atoms with Crippen LogP contribution in [0.25, 0.3) is 0 Å². The molecular formula is C25H34N4O4S2. The lowest BCUT2D eigenvalue weighted by atomic mass is 10.0. The van der Waals surface area contributed by atoms with Gasteiger partial charge in [-0.3, -0.25) is 14.5 Å². The van der Waals surface area contributed by atoms with Crippen LogP contribution in [0.3, 0.4) is 0 Å². The molecule has 1 saturated heterocycles. The van der Waals surface area contributed by atoms with Gasteiger partial charge in [-0.1, -0.05) is 12.8 Å². The van der Waals surface area contributed by atoms with Crippen LogP contribution in [-0.4, -0.2) is 62.2 Å². The molecule has 190 valence electrons. The molecule has 2 aliphatic rings. The normalized spacial score (nSPS) is 17.6. The van der Waals surface area contributed by atoms with Crippen molar-refractivity contribution < 1.29 is 18.0 Å². The first-order valence-corrected chi connectivity index (χ1v) is 14.5. The molecule has 10 heteroatoms. The van der Waals surface area contributed by atoms with Crippen molar-refractivity contribution >= 4 is 38.2 Å². The first kappa shape index (κ1) is 25.8. The summed E-state index contributed by atoms with van der Waals surface area (Å²) in [6, 6.07) is 6.46. The van der Waals surface area contributed by atoms with E-state index in [0.29, 0.717) is 35.3 Å².